The Hall–Kier alpha value is -1.65. The first-order chi connectivity index (χ1) is 14.0. The average molecular weight is 398 g/mol. The summed E-state index contributed by atoms with van der Waals surface area (Å²) in [5.74, 6) is 1.31. The molecule has 1 heterocycles. The first-order valence-electron chi connectivity index (χ1n) is 11.3. The maximum absolute atomic E-state index is 13.1. The van der Waals surface area contributed by atoms with Crippen molar-refractivity contribution >= 4 is 5.97 Å². The summed E-state index contributed by atoms with van der Waals surface area (Å²) < 4.78 is 5.77. The molecule has 4 rings (SSSR count). The fraction of sp³-hybridized carbons (Fsp3) is 0.640. The molecule has 1 N–H and O–H groups in total. The monoisotopic (exact) mass is 397 g/mol. The number of rotatable bonds is 8. The van der Waals surface area contributed by atoms with Crippen LogP contribution in [0.25, 0.3) is 0 Å². The number of hydrogen-bond donors (Lipinski definition) is 1. The van der Waals surface area contributed by atoms with Crippen LogP contribution in [0, 0.1) is 23.7 Å². The predicted molar refractivity (Wildman–Crippen MR) is 114 cm³/mol. The highest BCUT2D eigenvalue weighted by atomic mass is 16.6. The number of likely N-dealkylation sites (tertiary alicyclic amines) is 1. The number of carbonyl (C=O) groups excluding carboxylic acids is 1. The second kappa shape index (κ2) is 8.61. The van der Waals surface area contributed by atoms with E-state index in [4.69, 9.17) is 4.74 Å². The van der Waals surface area contributed by atoms with E-state index in [0.29, 0.717) is 29.9 Å². The average Bonchev–Trinajstić information content (AvgIpc) is 3.13. The van der Waals surface area contributed by atoms with Gasteiger partial charge in [0.1, 0.15) is 0 Å². The quantitative estimate of drug-likeness (QED) is 0.529. The molecule has 4 heteroatoms. The lowest BCUT2D eigenvalue weighted by molar-refractivity contribution is -0.174. The van der Waals surface area contributed by atoms with Crippen LogP contribution in [-0.2, 0) is 15.1 Å². The number of esters is 1. The van der Waals surface area contributed by atoms with E-state index in [9.17, 15) is 9.90 Å². The fourth-order valence-corrected chi connectivity index (χ4v) is 5.54. The number of carbonyl (C=O) groups is 1. The zero-order valence-corrected chi connectivity index (χ0v) is 17.8. The van der Waals surface area contributed by atoms with Crippen molar-refractivity contribution in [3.63, 3.8) is 0 Å². The molecular weight excluding hydrogens is 362 g/mol. The third-order valence-corrected chi connectivity index (χ3v) is 7.32. The molecule has 3 atom stereocenters. The molecule has 0 spiro atoms. The molecule has 1 aromatic rings. The topological polar surface area (TPSA) is 49.8 Å². The third kappa shape index (κ3) is 4.29. The standard InChI is InChI=1S/C25H35NO3/c1-18(2)9-8-14-26-15-21-22(16-26)23(21)17-29-24(27)25(28,20-12-6-7-13-20)19-10-4-3-5-11-19/h3-5,9-11,20-23,28H,6-8,12-17H2,1-2H3. The Bertz CT molecular complexity index is 724. The van der Waals surface area contributed by atoms with Gasteiger partial charge in [0.15, 0.2) is 5.60 Å². The van der Waals surface area contributed by atoms with Gasteiger partial charge in [0.25, 0.3) is 0 Å². The zero-order valence-electron chi connectivity index (χ0n) is 17.8. The van der Waals surface area contributed by atoms with Crippen molar-refractivity contribution in [3.8, 4) is 0 Å². The second-order valence-electron chi connectivity index (χ2n) is 9.53. The van der Waals surface area contributed by atoms with Crippen LogP contribution in [0.4, 0.5) is 0 Å². The Labute approximate surface area is 174 Å². The van der Waals surface area contributed by atoms with E-state index in [1.165, 1.54) is 5.57 Å². The molecule has 0 aromatic heterocycles. The van der Waals surface area contributed by atoms with E-state index in [0.717, 1.165) is 51.7 Å². The van der Waals surface area contributed by atoms with E-state index in [2.05, 4.69) is 24.8 Å². The summed E-state index contributed by atoms with van der Waals surface area (Å²) in [6.45, 7) is 8.12. The number of piperidine rings is 1. The number of benzene rings is 1. The lowest BCUT2D eigenvalue weighted by Crippen LogP contribution is -2.43. The summed E-state index contributed by atoms with van der Waals surface area (Å²) in [5.41, 5.74) is 0.559. The maximum atomic E-state index is 13.1. The zero-order chi connectivity index (χ0) is 20.4. The Kier molecular flexibility index (Phi) is 6.12. The van der Waals surface area contributed by atoms with Crippen LogP contribution >= 0.6 is 0 Å². The molecule has 0 bridgehead atoms. The van der Waals surface area contributed by atoms with Crippen LogP contribution in [0.2, 0.25) is 0 Å². The molecule has 1 aromatic carbocycles. The largest absolute Gasteiger partial charge is 0.463 e. The first kappa shape index (κ1) is 20.6. The molecule has 3 aliphatic rings. The smallest absolute Gasteiger partial charge is 0.343 e. The van der Waals surface area contributed by atoms with Crippen molar-refractivity contribution in [1.29, 1.82) is 0 Å². The van der Waals surface area contributed by atoms with Crippen LogP contribution in [0.3, 0.4) is 0 Å². The van der Waals surface area contributed by atoms with Crippen molar-refractivity contribution in [2.45, 2.75) is 51.6 Å². The normalized spacial score (nSPS) is 28.6. The number of ether oxygens (including phenoxy) is 1. The number of allylic oxidation sites excluding steroid dienone is 1. The van der Waals surface area contributed by atoms with Gasteiger partial charge in [0.05, 0.1) is 6.61 Å². The summed E-state index contributed by atoms with van der Waals surface area (Å²) in [6.07, 6.45) is 7.33. The first-order valence-corrected chi connectivity index (χ1v) is 11.3. The van der Waals surface area contributed by atoms with Crippen molar-refractivity contribution < 1.29 is 14.6 Å². The van der Waals surface area contributed by atoms with Crippen molar-refractivity contribution in [2.24, 2.45) is 23.7 Å². The van der Waals surface area contributed by atoms with Gasteiger partial charge in [-0.15, -0.1) is 0 Å². The van der Waals surface area contributed by atoms with E-state index < -0.39 is 11.6 Å². The van der Waals surface area contributed by atoms with E-state index in [1.807, 2.05) is 30.3 Å². The van der Waals surface area contributed by atoms with Gasteiger partial charge in [-0.1, -0.05) is 54.8 Å². The van der Waals surface area contributed by atoms with Crippen LogP contribution < -0.4 is 0 Å². The molecule has 29 heavy (non-hydrogen) atoms. The van der Waals surface area contributed by atoms with Crippen molar-refractivity contribution in [2.75, 3.05) is 26.2 Å². The highest BCUT2D eigenvalue weighted by Gasteiger charge is 2.56. The Morgan fingerprint density at radius 2 is 1.83 bits per heavy atom. The maximum Gasteiger partial charge on any atom is 0.343 e. The Balaban J connectivity index is 1.31. The van der Waals surface area contributed by atoms with E-state index in [-0.39, 0.29) is 5.92 Å². The molecule has 1 saturated heterocycles. The SMILES string of the molecule is CC(C)=CCCN1CC2C(COC(=O)C(O)(c3ccccc3)C3CCCC3)C2C1. The third-order valence-electron chi connectivity index (χ3n) is 7.32. The van der Waals surface area contributed by atoms with Gasteiger partial charge in [-0.3, -0.25) is 0 Å². The second-order valence-corrected chi connectivity index (χ2v) is 9.53. The van der Waals surface area contributed by atoms with Crippen LogP contribution in [0.5, 0.6) is 0 Å². The van der Waals surface area contributed by atoms with Gasteiger partial charge in [-0.25, -0.2) is 4.79 Å². The van der Waals surface area contributed by atoms with Gasteiger partial charge < -0.3 is 14.7 Å². The minimum Gasteiger partial charge on any atom is -0.463 e. The molecule has 158 valence electrons. The number of hydrogen-bond acceptors (Lipinski definition) is 4. The summed E-state index contributed by atoms with van der Waals surface area (Å²) in [7, 11) is 0. The molecule has 0 radical (unpaired) electrons. The van der Waals surface area contributed by atoms with E-state index >= 15 is 0 Å². The minimum atomic E-state index is -1.50. The molecule has 2 saturated carbocycles. The van der Waals surface area contributed by atoms with Crippen molar-refractivity contribution in [1.82, 2.24) is 4.90 Å². The number of fused-ring (bicyclic) bond motifs is 1. The minimum absolute atomic E-state index is 0.0401. The molecule has 3 fully saturated rings. The Morgan fingerprint density at radius 1 is 1.17 bits per heavy atom. The van der Waals surface area contributed by atoms with Gasteiger partial charge in [0.2, 0.25) is 0 Å². The number of aliphatic hydroxyl groups is 1. The Morgan fingerprint density at radius 3 is 2.45 bits per heavy atom. The predicted octanol–water partition coefficient (Wildman–Crippen LogP) is 4.14. The van der Waals surface area contributed by atoms with Gasteiger partial charge in [-0.05, 0) is 50.5 Å². The van der Waals surface area contributed by atoms with Gasteiger partial charge in [-0.2, -0.15) is 0 Å². The van der Waals surface area contributed by atoms with Crippen LogP contribution in [-0.4, -0.2) is 42.2 Å². The van der Waals surface area contributed by atoms with Gasteiger partial charge >= 0.3 is 5.97 Å². The van der Waals surface area contributed by atoms with E-state index in [1.54, 1.807) is 0 Å². The lowest BCUT2D eigenvalue weighted by atomic mass is 9.80. The molecule has 1 aliphatic heterocycles. The summed E-state index contributed by atoms with van der Waals surface area (Å²) in [4.78, 5) is 15.6. The van der Waals surface area contributed by atoms with Crippen molar-refractivity contribution in [3.05, 3.63) is 47.5 Å². The molecule has 4 nitrogen and oxygen atoms in total. The molecule has 3 unspecified atom stereocenters. The summed E-state index contributed by atoms with van der Waals surface area (Å²) >= 11 is 0. The fourth-order valence-electron chi connectivity index (χ4n) is 5.54. The summed E-state index contributed by atoms with van der Waals surface area (Å²) in [6, 6.07) is 9.40. The molecule has 0 amide bonds. The number of nitrogens with zero attached hydrogens (tertiary/aromatic N) is 1. The molecule has 2 aliphatic carbocycles. The molecular formula is C25H35NO3. The van der Waals surface area contributed by atoms with Crippen LogP contribution in [0.15, 0.2) is 42.0 Å². The van der Waals surface area contributed by atoms with Crippen LogP contribution in [0.1, 0.15) is 51.5 Å². The highest BCUT2D eigenvalue weighted by molar-refractivity contribution is 5.81. The highest BCUT2D eigenvalue weighted by Crippen LogP contribution is 2.52. The lowest BCUT2D eigenvalue weighted by Gasteiger charge is -2.32. The summed E-state index contributed by atoms with van der Waals surface area (Å²) in [5, 5.41) is 11.5. The van der Waals surface area contributed by atoms with Gasteiger partial charge in [0, 0.05) is 31.5 Å².